The number of aliphatic imine (C=N–C) groups is 1. The Morgan fingerprint density at radius 1 is 1.36 bits per heavy atom. The van der Waals surface area contributed by atoms with Gasteiger partial charge in [-0.3, -0.25) is 4.99 Å². The van der Waals surface area contributed by atoms with Crippen LogP contribution in [0.1, 0.15) is 17.5 Å². The summed E-state index contributed by atoms with van der Waals surface area (Å²) >= 11 is 0. The van der Waals surface area contributed by atoms with Gasteiger partial charge in [0.25, 0.3) is 0 Å². The lowest BCUT2D eigenvalue weighted by Gasteiger charge is -2.05. The molecule has 0 unspecified atom stereocenters. The Bertz CT molecular complexity index is 342. The number of aryl methyl sites for hydroxylation is 1. The number of nitrogens with one attached hydrogen (secondary N) is 1. The fourth-order valence-corrected chi connectivity index (χ4v) is 1.48. The molecular weight excluding hydrogens is 172 g/mol. The summed E-state index contributed by atoms with van der Waals surface area (Å²) in [7, 11) is 0. The van der Waals surface area contributed by atoms with E-state index < -0.39 is 0 Å². The highest BCUT2D eigenvalue weighted by Gasteiger charge is 2.07. The molecule has 0 radical (unpaired) electrons. The van der Waals surface area contributed by atoms with Crippen LogP contribution in [0.4, 0.5) is 0 Å². The lowest BCUT2D eigenvalue weighted by atomic mass is 10.1. The minimum absolute atomic E-state index is 0.972. The van der Waals surface area contributed by atoms with Crippen LogP contribution in [0.15, 0.2) is 29.3 Å². The molecule has 0 amide bonds. The fraction of sp³-hybridized carbons (Fsp3) is 0.417. The smallest absolute Gasteiger partial charge is 0.0768 e. The summed E-state index contributed by atoms with van der Waals surface area (Å²) in [6, 6.07) is 8.51. The Morgan fingerprint density at radius 3 is 2.86 bits per heavy atom. The summed E-state index contributed by atoms with van der Waals surface area (Å²) in [5.41, 5.74) is 4.12. The van der Waals surface area contributed by atoms with Crippen molar-refractivity contribution >= 4 is 5.71 Å². The summed E-state index contributed by atoms with van der Waals surface area (Å²) in [5, 5.41) is 3.43. The molecule has 2 rings (SSSR count). The highest BCUT2D eigenvalue weighted by atomic mass is 14.9. The molecule has 0 saturated carbocycles. The quantitative estimate of drug-likeness (QED) is 0.701. The van der Waals surface area contributed by atoms with E-state index in [1.807, 2.05) is 0 Å². The van der Waals surface area contributed by atoms with Gasteiger partial charge in [0.2, 0.25) is 0 Å². The van der Waals surface area contributed by atoms with E-state index in [1.54, 1.807) is 0 Å². The van der Waals surface area contributed by atoms with Crippen molar-refractivity contribution < 1.29 is 0 Å². The van der Waals surface area contributed by atoms with Crippen molar-refractivity contribution in [2.45, 2.75) is 19.9 Å². The summed E-state index contributed by atoms with van der Waals surface area (Å²) in [4.78, 5) is 4.14. The standard InChI is InChI=1S/C12H16N2/c1-10-4-2-3-5-11(10)8-13-7-6-12-9-14-12/h2-5,13H,6-9H2,1H3. The Morgan fingerprint density at radius 2 is 2.14 bits per heavy atom. The second-order valence-electron chi connectivity index (χ2n) is 3.74. The highest BCUT2D eigenvalue weighted by Crippen LogP contribution is 2.06. The molecule has 0 aromatic heterocycles. The Kier molecular flexibility index (Phi) is 2.94. The van der Waals surface area contributed by atoms with Gasteiger partial charge in [-0.15, -0.1) is 0 Å². The van der Waals surface area contributed by atoms with Gasteiger partial charge >= 0.3 is 0 Å². The topological polar surface area (TPSA) is 24.4 Å². The molecule has 2 nitrogen and oxygen atoms in total. The lowest BCUT2D eigenvalue weighted by molar-refractivity contribution is 0.704. The van der Waals surface area contributed by atoms with Gasteiger partial charge in [0.15, 0.2) is 0 Å². The average molecular weight is 188 g/mol. The molecular formula is C12H16N2. The maximum Gasteiger partial charge on any atom is 0.0768 e. The number of nitrogens with zero attached hydrogens (tertiary/aromatic N) is 1. The fourth-order valence-electron chi connectivity index (χ4n) is 1.48. The van der Waals surface area contributed by atoms with Crippen molar-refractivity contribution in [2.24, 2.45) is 4.99 Å². The van der Waals surface area contributed by atoms with Crippen LogP contribution in [0, 0.1) is 6.92 Å². The van der Waals surface area contributed by atoms with Gasteiger partial charge in [0.1, 0.15) is 0 Å². The molecule has 2 heteroatoms. The maximum absolute atomic E-state index is 4.14. The van der Waals surface area contributed by atoms with Gasteiger partial charge in [-0.25, -0.2) is 0 Å². The van der Waals surface area contributed by atoms with Crippen LogP contribution in [0.25, 0.3) is 0 Å². The van der Waals surface area contributed by atoms with Crippen LogP contribution in [0.5, 0.6) is 0 Å². The molecule has 1 aliphatic heterocycles. The van der Waals surface area contributed by atoms with Crippen LogP contribution < -0.4 is 5.32 Å². The Hall–Kier alpha value is -1.15. The molecule has 0 saturated heterocycles. The van der Waals surface area contributed by atoms with E-state index in [-0.39, 0.29) is 0 Å². The maximum atomic E-state index is 4.14. The van der Waals surface area contributed by atoms with Gasteiger partial charge in [-0.05, 0) is 24.5 Å². The molecule has 1 aromatic carbocycles. The lowest BCUT2D eigenvalue weighted by Crippen LogP contribution is -2.16. The Balaban J connectivity index is 1.73. The third-order valence-corrected chi connectivity index (χ3v) is 2.55. The first kappa shape index (κ1) is 9.41. The summed E-state index contributed by atoms with van der Waals surface area (Å²) < 4.78 is 0. The zero-order valence-electron chi connectivity index (χ0n) is 8.59. The summed E-state index contributed by atoms with van der Waals surface area (Å²) in [5.74, 6) is 0. The average Bonchev–Trinajstić information content (AvgIpc) is 2.99. The van der Waals surface area contributed by atoms with E-state index in [0.717, 1.165) is 26.1 Å². The van der Waals surface area contributed by atoms with Crippen molar-refractivity contribution in [3.8, 4) is 0 Å². The molecule has 1 aromatic rings. The molecule has 14 heavy (non-hydrogen) atoms. The monoisotopic (exact) mass is 188 g/mol. The van der Waals surface area contributed by atoms with Crippen molar-refractivity contribution in [1.82, 2.24) is 5.32 Å². The predicted octanol–water partition coefficient (Wildman–Crippen LogP) is 1.93. The van der Waals surface area contributed by atoms with Gasteiger partial charge in [0, 0.05) is 18.8 Å². The minimum atomic E-state index is 0.972. The highest BCUT2D eigenvalue weighted by molar-refractivity contribution is 5.96. The number of benzene rings is 1. The third-order valence-electron chi connectivity index (χ3n) is 2.55. The first-order valence-corrected chi connectivity index (χ1v) is 5.13. The van der Waals surface area contributed by atoms with Crippen LogP contribution in [-0.4, -0.2) is 18.8 Å². The summed E-state index contributed by atoms with van der Waals surface area (Å²) in [6.45, 7) is 5.18. The largest absolute Gasteiger partial charge is 0.312 e. The van der Waals surface area contributed by atoms with Crippen LogP contribution in [0.2, 0.25) is 0 Å². The second-order valence-corrected chi connectivity index (χ2v) is 3.74. The number of hydrogen-bond donors (Lipinski definition) is 1. The van der Waals surface area contributed by atoms with Crippen molar-refractivity contribution in [3.63, 3.8) is 0 Å². The van der Waals surface area contributed by atoms with Gasteiger partial charge in [-0.2, -0.15) is 0 Å². The molecule has 0 aliphatic carbocycles. The van der Waals surface area contributed by atoms with E-state index in [4.69, 9.17) is 0 Å². The molecule has 74 valence electrons. The first-order chi connectivity index (χ1) is 6.86. The van der Waals surface area contributed by atoms with E-state index in [9.17, 15) is 0 Å². The Labute approximate surface area is 85.1 Å². The van der Waals surface area contributed by atoms with Crippen molar-refractivity contribution in [1.29, 1.82) is 0 Å². The van der Waals surface area contributed by atoms with Crippen LogP contribution in [0.3, 0.4) is 0 Å². The SMILES string of the molecule is Cc1ccccc1CNCCC1=NC1. The second kappa shape index (κ2) is 4.38. The van der Waals surface area contributed by atoms with Crippen molar-refractivity contribution in [2.75, 3.05) is 13.1 Å². The summed E-state index contributed by atoms with van der Waals surface area (Å²) in [6.07, 6.45) is 1.12. The zero-order valence-corrected chi connectivity index (χ0v) is 8.59. The number of hydrogen-bond acceptors (Lipinski definition) is 2. The third kappa shape index (κ3) is 2.67. The van der Waals surface area contributed by atoms with E-state index in [0.29, 0.717) is 0 Å². The molecule has 0 bridgehead atoms. The van der Waals surface area contributed by atoms with E-state index >= 15 is 0 Å². The first-order valence-electron chi connectivity index (χ1n) is 5.13. The van der Waals surface area contributed by atoms with Gasteiger partial charge in [0.05, 0.1) is 6.54 Å². The molecule has 0 fully saturated rings. The zero-order chi connectivity index (χ0) is 9.80. The molecule has 1 N–H and O–H groups in total. The van der Waals surface area contributed by atoms with Crippen LogP contribution >= 0.6 is 0 Å². The molecule has 0 spiro atoms. The predicted molar refractivity (Wildman–Crippen MR) is 59.8 cm³/mol. The van der Waals surface area contributed by atoms with Crippen molar-refractivity contribution in [3.05, 3.63) is 35.4 Å². The van der Waals surface area contributed by atoms with Gasteiger partial charge in [-0.1, -0.05) is 24.3 Å². The van der Waals surface area contributed by atoms with Gasteiger partial charge < -0.3 is 5.32 Å². The molecule has 1 heterocycles. The van der Waals surface area contributed by atoms with E-state index in [1.165, 1.54) is 16.8 Å². The molecule has 0 atom stereocenters. The molecule has 1 aliphatic rings. The minimum Gasteiger partial charge on any atom is -0.312 e. The van der Waals surface area contributed by atoms with E-state index in [2.05, 4.69) is 41.5 Å². The normalized spacial score (nSPS) is 13.9. The van der Waals surface area contributed by atoms with Crippen LogP contribution in [-0.2, 0) is 6.54 Å². The number of rotatable bonds is 5.